The lowest BCUT2D eigenvalue weighted by atomic mass is 9.82. The van der Waals surface area contributed by atoms with E-state index in [0.29, 0.717) is 23.8 Å². The van der Waals surface area contributed by atoms with Crippen LogP contribution in [-0.2, 0) is 0 Å². The lowest BCUT2D eigenvalue weighted by Gasteiger charge is -2.37. The Balaban J connectivity index is 4.49. The molecule has 0 aliphatic carbocycles. The number of rotatable bonds is 5. The van der Waals surface area contributed by atoms with Gasteiger partial charge >= 0.3 is 0 Å². The summed E-state index contributed by atoms with van der Waals surface area (Å²) in [5.41, 5.74) is 5.82. The van der Waals surface area contributed by atoms with Crippen LogP contribution in [-0.4, -0.2) is 31.6 Å². The highest BCUT2D eigenvalue weighted by Gasteiger charge is 2.27. The van der Waals surface area contributed by atoms with Crippen LogP contribution in [0.3, 0.4) is 0 Å². The van der Waals surface area contributed by atoms with Crippen molar-refractivity contribution in [2.75, 3.05) is 20.6 Å². The Morgan fingerprint density at radius 3 is 1.54 bits per heavy atom. The molecular weight excluding hydrogens is 160 g/mol. The SMILES string of the molecule is CC(C)C(CN)C(C(C)C)N(C)C. The van der Waals surface area contributed by atoms with Crippen LogP contribution in [0.25, 0.3) is 0 Å². The molecule has 0 aromatic carbocycles. The molecule has 0 spiro atoms. The van der Waals surface area contributed by atoms with Gasteiger partial charge in [0.1, 0.15) is 0 Å². The minimum absolute atomic E-state index is 0.602. The van der Waals surface area contributed by atoms with Crippen LogP contribution in [0.2, 0.25) is 0 Å². The molecule has 0 amide bonds. The molecule has 2 heteroatoms. The van der Waals surface area contributed by atoms with E-state index < -0.39 is 0 Å². The number of hydrogen-bond acceptors (Lipinski definition) is 2. The number of nitrogens with two attached hydrogens (primary N) is 1. The maximum atomic E-state index is 5.82. The second-order valence-electron chi connectivity index (χ2n) is 4.84. The summed E-state index contributed by atoms with van der Waals surface area (Å²) in [6.07, 6.45) is 0. The van der Waals surface area contributed by atoms with Crippen molar-refractivity contribution in [2.45, 2.75) is 33.7 Å². The summed E-state index contributed by atoms with van der Waals surface area (Å²) >= 11 is 0. The molecular formula is C11H26N2. The largest absolute Gasteiger partial charge is 0.330 e. The van der Waals surface area contributed by atoms with Gasteiger partial charge in [-0.1, -0.05) is 27.7 Å². The first-order valence-corrected chi connectivity index (χ1v) is 5.28. The molecule has 0 radical (unpaired) electrons. The topological polar surface area (TPSA) is 29.3 Å². The van der Waals surface area contributed by atoms with Crippen LogP contribution in [0.1, 0.15) is 27.7 Å². The fourth-order valence-electron chi connectivity index (χ4n) is 2.28. The van der Waals surface area contributed by atoms with E-state index in [1.54, 1.807) is 0 Å². The van der Waals surface area contributed by atoms with Gasteiger partial charge < -0.3 is 10.6 Å². The minimum atomic E-state index is 0.602. The van der Waals surface area contributed by atoms with Crippen molar-refractivity contribution in [3.63, 3.8) is 0 Å². The van der Waals surface area contributed by atoms with Crippen LogP contribution in [0, 0.1) is 17.8 Å². The Kier molecular flexibility index (Phi) is 5.57. The summed E-state index contributed by atoms with van der Waals surface area (Å²) in [6.45, 7) is 9.86. The third kappa shape index (κ3) is 3.65. The van der Waals surface area contributed by atoms with Crippen LogP contribution in [0.15, 0.2) is 0 Å². The molecule has 0 saturated carbocycles. The second kappa shape index (κ2) is 5.61. The number of hydrogen-bond donors (Lipinski definition) is 1. The highest BCUT2D eigenvalue weighted by atomic mass is 15.1. The van der Waals surface area contributed by atoms with E-state index in [2.05, 4.69) is 46.7 Å². The number of nitrogens with zero attached hydrogens (tertiary/aromatic N) is 1. The maximum absolute atomic E-state index is 5.82. The summed E-state index contributed by atoms with van der Waals surface area (Å²) in [5, 5.41) is 0. The predicted octanol–water partition coefficient (Wildman–Crippen LogP) is 1.80. The van der Waals surface area contributed by atoms with E-state index >= 15 is 0 Å². The van der Waals surface area contributed by atoms with Gasteiger partial charge in [-0.05, 0) is 38.4 Å². The van der Waals surface area contributed by atoms with Gasteiger partial charge in [-0.3, -0.25) is 0 Å². The predicted molar refractivity (Wildman–Crippen MR) is 59.7 cm³/mol. The Bertz CT molecular complexity index is 122. The van der Waals surface area contributed by atoms with Gasteiger partial charge in [0.15, 0.2) is 0 Å². The smallest absolute Gasteiger partial charge is 0.0155 e. The summed E-state index contributed by atoms with van der Waals surface area (Å²) in [6, 6.07) is 0.602. The Morgan fingerprint density at radius 1 is 1.00 bits per heavy atom. The van der Waals surface area contributed by atoms with Crippen molar-refractivity contribution >= 4 is 0 Å². The fourth-order valence-corrected chi connectivity index (χ4v) is 2.28. The molecule has 0 aliphatic rings. The van der Waals surface area contributed by atoms with E-state index in [4.69, 9.17) is 5.73 Å². The first-order chi connectivity index (χ1) is 5.91. The molecule has 0 rings (SSSR count). The monoisotopic (exact) mass is 186 g/mol. The summed E-state index contributed by atoms with van der Waals surface area (Å²) < 4.78 is 0. The van der Waals surface area contributed by atoms with Gasteiger partial charge in [0, 0.05) is 6.04 Å². The summed E-state index contributed by atoms with van der Waals surface area (Å²) in [4.78, 5) is 2.31. The average molecular weight is 186 g/mol. The van der Waals surface area contributed by atoms with Gasteiger partial charge in [-0.15, -0.1) is 0 Å². The summed E-state index contributed by atoms with van der Waals surface area (Å²) in [5.74, 6) is 1.95. The zero-order valence-electron chi connectivity index (χ0n) is 10.0. The van der Waals surface area contributed by atoms with Gasteiger partial charge in [0.25, 0.3) is 0 Å². The average Bonchev–Trinajstić information content (AvgIpc) is 1.97. The molecule has 0 aromatic heterocycles. The third-order valence-electron chi connectivity index (χ3n) is 2.85. The molecule has 2 nitrogen and oxygen atoms in total. The van der Waals surface area contributed by atoms with Gasteiger partial charge in [0.2, 0.25) is 0 Å². The van der Waals surface area contributed by atoms with Gasteiger partial charge in [0.05, 0.1) is 0 Å². The van der Waals surface area contributed by atoms with Crippen molar-refractivity contribution in [3.8, 4) is 0 Å². The molecule has 13 heavy (non-hydrogen) atoms. The lowest BCUT2D eigenvalue weighted by molar-refractivity contribution is 0.130. The molecule has 80 valence electrons. The van der Waals surface area contributed by atoms with E-state index in [1.165, 1.54) is 0 Å². The molecule has 2 atom stereocenters. The normalized spacial score (nSPS) is 17.1. The molecule has 0 bridgehead atoms. The van der Waals surface area contributed by atoms with E-state index in [9.17, 15) is 0 Å². The minimum Gasteiger partial charge on any atom is -0.330 e. The molecule has 0 saturated heterocycles. The standard InChI is InChI=1S/C11H26N2/c1-8(2)10(7-12)11(9(3)4)13(5)6/h8-11H,7,12H2,1-6H3. The maximum Gasteiger partial charge on any atom is 0.0155 e. The first kappa shape index (κ1) is 12.9. The van der Waals surface area contributed by atoms with Crippen molar-refractivity contribution in [2.24, 2.45) is 23.5 Å². The van der Waals surface area contributed by atoms with Gasteiger partial charge in [-0.2, -0.15) is 0 Å². The quantitative estimate of drug-likeness (QED) is 0.709. The van der Waals surface area contributed by atoms with Crippen molar-refractivity contribution < 1.29 is 0 Å². The Hall–Kier alpha value is -0.0800. The van der Waals surface area contributed by atoms with Crippen LogP contribution >= 0.6 is 0 Å². The molecule has 2 unspecified atom stereocenters. The molecule has 0 aromatic rings. The van der Waals surface area contributed by atoms with Crippen molar-refractivity contribution in [1.82, 2.24) is 4.90 Å². The van der Waals surface area contributed by atoms with E-state index in [1.807, 2.05) is 0 Å². The van der Waals surface area contributed by atoms with Gasteiger partial charge in [-0.25, -0.2) is 0 Å². The molecule has 0 aliphatic heterocycles. The van der Waals surface area contributed by atoms with Crippen LogP contribution in [0.5, 0.6) is 0 Å². The zero-order valence-corrected chi connectivity index (χ0v) is 10.0. The highest BCUT2D eigenvalue weighted by Crippen LogP contribution is 2.23. The first-order valence-electron chi connectivity index (χ1n) is 5.28. The van der Waals surface area contributed by atoms with Crippen molar-refractivity contribution in [3.05, 3.63) is 0 Å². The molecule has 0 fully saturated rings. The Morgan fingerprint density at radius 2 is 1.46 bits per heavy atom. The van der Waals surface area contributed by atoms with Crippen LogP contribution in [0.4, 0.5) is 0 Å². The lowest BCUT2D eigenvalue weighted by Crippen LogP contribution is -2.44. The molecule has 2 N–H and O–H groups in total. The zero-order chi connectivity index (χ0) is 10.6. The fraction of sp³-hybridized carbons (Fsp3) is 1.00. The van der Waals surface area contributed by atoms with Crippen molar-refractivity contribution in [1.29, 1.82) is 0 Å². The Labute approximate surface area is 83.5 Å². The highest BCUT2D eigenvalue weighted by molar-refractivity contribution is 4.81. The summed E-state index contributed by atoms with van der Waals surface area (Å²) in [7, 11) is 4.30. The second-order valence-corrected chi connectivity index (χ2v) is 4.84. The van der Waals surface area contributed by atoms with E-state index in [0.717, 1.165) is 6.54 Å². The van der Waals surface area contributed by atoms with Crippen LogP contribution < -0.4 is 5.73 Å². The van der Waals surface area contributed by atoms with E-state index in [-0.39, 0.29) is 0 Å². The molecule has 0 heterocycles. The third-order valence-corrected chi connectivity index (χ3v) is 2.85.